The highest BCUT2D eigenvalue weighted by Crippen LogP contribution is 2.36. The van der Waals surface area contributed by atoms with Crippen molar-refractivity contribution in [1.82, 2.24) is 0 Å². The molecule has 7 nitrogen and oxygen atoms in total. The van der Waals surface area contributed by atoms with Gasteiger partial charge in [-0.3, -0.25) is 4.79 Å². The molecule has 0 fully saturated rings. The summed E-state index contributed by atoms with van der Waals surface area (Å²) in [6, 6.07) is 24.6. The van der Waals surface area contributed by atoms with Crippen LogP contribution in [-0.4, -0.2) is 39.2 Å². The van der Waals surface area contributed by atoms with E-state index >= 15 is 0 Å². The van der Waals surface area contributed by atoms with Gasteiger partial charge in [-0.05, 0) is 36.4 Å². The summed E-state index contributed by atoms with van der Waals surface area (Å²) in [6.07, 6.45) is 1.15. The maximum absolute atomic E-state index is 12.7. The highest BCUT2D eigenvalue weighted by molar-refractivity contribution is 5.95. The predicted molar refractivity (Wildman–Crippen MR) is 136 cm³/mol. The van der Waals surface area contributed by atoms with Gasteiger partial charge in [0.2, 0.25) is 5.91 Å². The number of anilines is 3. The molecule has 0 unspecified atom stereocenters. The Morgan fingerprint density at radius 2 is 1.44 bits per heavy atom. The van der Waals surface area contributed by atoms with Gasteiger partial charge in [0.1, 0.15) is 30.6 Å². The van der Waals surface area contributed by atoms with E-state index in [1.165, 1.54) is 0 Å². The molecule has 0 spiro atoms. The number of aldehydes is 2. The zero-order valence-corrected chi connectivity index (χ0v) is 20.1. The van der Waals surface area contributed by atoms with Crippen LogP contribution in [0.15, 0.2) is 78.9 Å². The highest BCUT2D eigenvalue weighted by Gasteiger charge is 2.18. The molecular formula is C27H32N2O5. The fourth-order valence-electron chi connectivity index (χ4n) is 2.84. The van der Waals surface area contributed by atoms with Gasteiger partial charge in [0.05, 0.1) is 26.3 Å². The number of hydrogen-bond acceptors (Lipinski definition) is 6. The topological polar surface area (TPSA) is 84.9 Å². The van der Waals surface area contributed by atoms with E-state index in [-0.39, 0.29) is 18.9 Å². The van der Waals surface area contributed by atoms with Gasteiger partial charge < -0.3 is 29.3 Å². The van der Waals surface area contributed by atoms with Crippen LogP contribution in [0.4, 0.5) is 17.1 Å². The van der Waals surface area contributed by atoms with Crippen LogP contribution in [0.25, 0.3) is 0 Å². The molecule has 34 heavy (non-hydrogen) atoms. The lowest BCUT2D eigenvalue weighted by molar-refractivity contribution is -0.115. The zero-order chi connectivity index (χ0) is 25.2. The predicted octanol–water partition coefficient (Wildman–Crippen LogP) is 5.28. The van der Waals surface area contributed by atoms with Crippen LogP contribution in [0, 0.1) is 0 Å². The summed E-state index contributed by atoms with van der Waals surface area (Å²) < 4.78 is 10.9. The van der Waals surface area contributed by atoms with Crippen molar-refractivity contribution in [2.24, 2.45) is 0 Å². The lowest BCUT2D eigenvalue weighted by Gasteiger charge is -2.26. The fraction of sp³-hybridized carbons (Fsp3) is 0.222. The van der Waals surface area contributed by atoms with E-state index in [9.17, 15) is 14.4 Å². The molecule has 0 aliphatic rings. The van der Waals surface area contributed by atoms with Crippen molar-refractivity contribution in [2.75, 3.05) is 31.0 Å². The average molecular weight is 465 g/mol. The molecule has 0 radical (unpaired) electrons. The van der Waals surface area contributed by atoms with Gasteiger partial charge in [-0.25, -0.2) is 0 Å². The number of carbonyl (C=O) groups is 3. The molecule has 0 bridgehead atoms. The summed E-state index contributed by atoms with van der Waals surface area (Å²) in [5.41, 5.74) is 2.40. The van der Waals surface area contributed by atoms with Crippen LogP contribution in [-0.2, 0) is 14.4 Å². The van der Waals surface area contributed by atoms with Crippen LogP contribution < -0.4 is 19.7 Å². The van der Waals surface area contributed by atoms with Crippen molar-refractivity contribution in [3.05, 3.63) is 78.9 Å². The van der Waals surface area contributed by atoms with Gasteiger partial charge in [0, 0.05) is 17.4 Å². The molecule has 0 aliphatic heterocycles. The number of rotatable bonds is 9. The van der Waals surface area contributed by atoms with E-state index in [0.717, 1.165) is 17.1 Å². The second kappa shape index (κ2) is 16.5. The first-order chi connectivity index (χ1) is 16.6. The molecule has 0 heterocycles. The fourth-order valence-corrected chi connectivity index (χ4v) is 2.84. The number of methoxy groups -OCH3 is 2. The van der Waals surface area contributed by atoms with Gasteiger partial charge in [0.25, 0.3) is 0 Å². The van der Waals surface area contributed by atoms with Gasteiger partial charge >= 0.3 is 0 Å². The standard InChI is InChI=1S/C22H22N2O3.C3H4O2.C2H6/c1-26-19-13-14-21(27-2)20(15-19)24(18-11-7-4-8-12-18)16-22(25)23-17-9-5-3-6-10-17;4-2-1-3-5;1-2/h3-15H,16H2,1-2H3,(H,23,25);2-3H,1H2;1-2H3. The Morgan fingerprint density at radius 1 is 0.853 bits per heavy atom. The van der Waals surface area contributed by atoms with E-state index < -0.39 is 0 Å². The van der Waals surface area contributed by atoms with Crippen molar-refractivity contribution in [1.29, 1.82) is 0 Å². The van der Waals surface area contributed by atoms with Crippen LogP contribution in [0.2, 0.25) is 0 Å². The van der Waals surface area contributed by atoms with Gasteiger partial charge in [-0.2, -0.15) is 0 Å². The first kappa shape index (κ1) is 27.9. The molecule has 1 N–H and O–H groups in total. The molecule has 0 saturated heterocycles. The van der Waals surface area contributed by atoms with E-state index in [0.29, 0.717) is 24.1 Å². The first-order valence-electron chi connectivity index (χ1n) is 10.9. The number of amides is 1. The molecule has 0 saturated carbocycles. The summed E-state index contributed by atoms with van der Waals surface area (Å²) >= 11 is 0. The minimum absolute atomic E-state index is 0.0278. The molecule has 180 valence electrons. The Kier molecular flexibility index (Phi) is 13.5. The summed E-state index contributed by atoms with van der Waals surface area (Å²) in [7, 11) is 3.22. The van der Waals surface area contributed by atoms with Crippen molar-refractivity contribution < 1.29 is 23.9 Å². The molecule has 3 aromatic rings. The number of nitrogens with one attached hydrogen (secondary N) is 1. The Bertz CT molecular complexity index is 988. The maximum atomic E-state index is 12.7. The van der Waals surface area contributed by atoms with E-state index in [4.69, 9.17) is 9.47 Å². The van der Waals surface area contributed by atoms with Crippen molar-refractivity contribution in [3.8, 4) is 11.5 Å². The Morgan fingerprint density at radius 3 is 1.94 bits per heavy atom. The van der Waals surface area contributed by atoms with Crippen molar-refractivity contribution in [2.45, 2.75) is 20.3 Å². The normalized spacial score (nSPS) is 9.18. The number of carbonyl (C=O) groups excluding carboxylic acids is 3. The van der Waals surface area contributed by atoms with E-state index in [1.807, 2.05) is 97.6 Å². The number of benzene rings is 3. The van der Waals surface area contributed by atoms with Crippen LogP contribution >= 0.6 is 0 Å². The number of nitrogens with zero attached hydrogens (tertiary/aromatic N) is 1. The van der Waals surface area contributed by atoms with E-state index in [1.54, 1.807) is 14.2 Å². The molecule has 3 aromatic carbocycles. The summed E-state index contributed by atoms with van der Waals surface area (Å²) in [5, 5.41) is 2.93. The average Bonchev–Trinajstić information content (AvgIpc) is 2.90. The minimum atomic E-state index is -0.130. The lowest BCUT2D eigenvalue weighted by atomic mass is 10.2. The largest absolute Gasteiger partial charge is 0.497 e. The number of para-hydroxylation sites is 2. The second-order valence-electron chi connectivity index (χ2n) is 6.44. The third-order valence-corrected chi connectivity index (χ3v) is 4.30. The number of hydrogen-bond donors (Lipinski definition) is 1. The molecule has 7 heteroatoms. The van der Waals surface area contributed by atoms with Gasteiger partial charge in [-0.1, -0.05) is 50.2 Å². The molecular weight excluding hydrogens is 432 g/mol. The molecule has 3 rings (SSSR count). The monoisotopic (exact) mass is 464 g/mol. The smallest absolute Gasteiger partial charge is 0.244 e. The molecule has 1 amide bonds. The molecule has 0 atom stereocenters. The second-order valence-corrected chi connectivity index (χ2v) is 6.44. The Hall–Kier alpha value is -4.13. The van der Waals surface area contributed by atoms with Crippen LogP contribution in [0.1, 0.15) is 20.3 Å². The van der Waals surface area contributed by atoms with Crippen LogP contribution in [0.5, 0.6) is 11.5 Å². The zero-order valence-electron chi connectivity index (χ0n) is 20.1. The van der Waals surface area contributed by atoms with Gasteiger partial charge in [-0.15, -0.1) is 0 Å². The summed E-state index contributed by atoms with van der Waals surface area (Å²) in [6.45, 7) is 4.13. The van der Waals surface area contributed by atoms with Gasteiger partial charge in [0.15, 0.2) is 0 Å². The van der Waals surface area contributed by atoms with Crippen LogP contribution in [0.3, 0.4) is 0 Å². The number of ether oxygens (including phenoxy) is 2. The molecule has 0 aromatic heterocycles. The lowest BCUT2D eigenvalue weighted by Crippen LogP contribution is -2.30. The Labute approximate surface area is 201 Å². The third-order valence-electron chi connectivity index (χ3n) is 4.30. The van der Waals surface area contributed by atoms with Crippen molar-refractivity contribution in [3.63, 3.8) is 0 Å². The molecule has 0 aliphatic carbocycles. The Balaban J connectivity index is 0.000000733. The minimum Gasteiger partial charge on any atom is -0.497 e. The van der Waals surface area contributed by atoms with E-state index in [2.05, 4.69) is 5.32 Å². The quantitative estimate of drug-likeness (QED) is 0.343. The third kappa shape index (κ3) is 9.16. The van der Waals surface area contributed by atoms with Crippen molar-refractivity contribution >= 4 is 35.5 Å². The highest BCUT2D eigenvalue weighted by atomic mass is 16.5. The summed E-state index contributed by atoms with van der Waals surface area (Å²) in [5.74, 6) is 1.22. The first-order valence-corrected chi connectivity index (χ1v) is 10.9. The summed E-state index contributed by atoms with van der Waals surface area (Å²) in [4.78, 5) is 32.9. The maximum Gasteiger partial charge on any atom is 0.244 e. The SMILES string of the molecule is CC.COc1ccc(OC)c(N(CC(=O)Nc2ccccc2)c2ccccc2)c1.O=CCC=O.